The maximum absolute atomic E-state index is 2.30. The Morgan fingerprint density at radius 3 is 2.00 bits per heavy atom. The molecule has 0 radical (unpaired) electrons. The number of rotatable bonds is 3. The van der Waals surface area contributed by atoms with Crippen LogP contribution in [0.3, 0.4) is 0 Å². The van der Waals surface area contributed by atoms with Gasteiger partial charge in [-0.05, 0) is 26.6 Å². The zero-order valence-corrected chi connectivity index (χ0v) is 9.91. The van der Waals surface area contributed by atoms with Gasteiger partial charge in [0.05, 0.1) is 0 Å². The summed E-state index contributed by atoms with van der Waals surface area (Å²) in [4.78, 5) is 2.27. The van der Waals surface area contributed by atoms with Crippen LogP contribution in [0.1, 0.15) is 26.3 Å². The van der Waals surface area contributed by atoms with E-state index >= 15 is 0 Å². The van der Waals surface area contributed by atoms with E-state index in [1.807, 2.05) is 0 Å². The van der Waals surface area contributed by atoms with Gasteiger partial charge in [-0.15, -0.1) is 0 Å². The SMILES string of the molecule is CC(N(C)C)C(C)(C)c1ccccc1. The molecule has 0 spiro atoms. The molecule has 0 saturated heterocycles. The zero-order chi connectivity index (χ0) is 10.8. The van der Waals surface area contributed by atoms with Gasteiger partial charge in [0.1, 0.15) is 0 Å². The van der Waals surface area contributed by atoms with E-state index in [9.17, 15) is 0 Å². The van der Waals surface area contributed by atoms with Crippen LogP contribution in [0.5, 0.6) is 0 Å². The lowest BCUT2D eigenvalue weighted by atomic mass is 9.78. The predicted octanol–water partition coefficient (Wildman–Crippen LogP) is 2.91. The average Bonchev–Trinajstić information content (AvgIpc) is 2.18. The van der Waals surface area contributed by atoms with Crippen molar-refractivity contribution in [3.63, 3.8) is 0 Å². The molecule has 1 atom stereocenters. The molecule has 0 aliphatic carbocycles. The van der Waals surface area contributed by atoms with Gasteiger partial charge in [-0.2, -0.15) is 0 Å². The third-order valence-electron chi connectivity index (χ3n) is 3.34. The Balaban J connectivity index is 2.96. The summed E-state index contributed by atoms with van der Waals surface area (Å²) in [5.41, 5.74) is 1.60. The van der Waals surface area contributed by atoms with E-state index in [2.05, 4.69) is 70.1 Å². The van der Waals surface area contributed by atoms with Crippen LogP contribution in [-0.4, -0.2) is 25.0 Å². The van der Waals surface area contributed by atoms with Crippen molar-refractivity contribution in [2.24, 2.45) is 0 Å². The molecule has 0 heterocycles. The molecule has 0 fully saturated rings. The lowest BCUT2D eigenvalue weighted by Crippen LogP contribution is -2.41. The minimum Gasteiger partial charge on any atom is -0.306 e. The minimum absolute atomic E-state index is 0.199. The Morgan fingerprint density at radius 2 is 1.57 bits per heavy atom. The number of nitrogens with zero attached hydrogens (tertiary/aromatic N) is 1. The average molecular weight is 191 g/mol. The molecule has 0 N–H and O–H groups in total. The molecule has 78 valence electrons. The van der Waals surface area contributed by atoms with Crippen molar-refractivity contribution in [2.45, 2.75) is 32.2 Å². The van der Waals surface area contributed by atoms with Gasteiger partial charge in [0.15, 0.2) is 0 Å². The first kappa shape index (κ1) is 11.3. The van der Waals surface area contributed by atoms with Crippen molar-refractivity contribution in [3.05, 3.63) is 35.9 Å². The van der Waals surface area contributed by atoms with Gasteiger partial charge >= 0.3 is 0 Å². The van der Waals surface area contributed by atoms with Gasteiger partial charge in [0.25, 0.3) is 0 Å². The van der Waals surface area contributed by atoms with E-state index in [0.717, 1.165) is 0 Å². The van der Waals surface area contributed by atoms with Crippen LogP contribution in [0.2, 0.25) is 0 Å². The maximum Gasteiger partial charge on any atom is 0.0152 e. The maximum atomic E-state index is 2.30. The lowest BCUT2D eigenvalue weighted by Gasteiger charge is -2.36. The summed E-state index contributed by atoms with van der Waals surface area (Å²) in [5, 5.41) is 0. The van der Waals surface area contributed by atoms with E-state index in [0.29, 0.717) is 6.04 Å². The Labute approximate surface area is 87.7 Å². The highest BCUT2D eigenvalue weighted by Crippen LogP contribution is 2.28. The standard InChI is InChI=1S/C13H21N/c1-11(14(4)5)13(2,3)12-9-7-6-8-10-12/h6-11H,1-5H3. The number of hydrogen-bond donors (Lipinski definition) is 0. The van der Waals surface area contributed by atoms with Gasteiger partial charge in [0.2, 0.25) is 0 Å². The fourth-order valence-corrected chi connectivity index (χ4v) is 1.75. The Kier molecular flexibility index (Phi) is 3.33. The molecule has 0 saturated carbocycles. The lowest BCUT2D eigenvalue weighted by molar-refractivity contribution is 0.216. The molecule has 14 heavy (non-hydrogen) atoms. The van der Waals surface area contributed by atoms with Crippen molar-refractivity contribution in [3.8, 4) is 0 Å². The molecule has 0 aliphatic heterocycles. The van der Waals surface area contributed by atoms with E-state index < -0.39 is 0 Å². The second-order valence-corrected chi connectivity index (χ2v) is 4.73. The number of benzene rings is 1. The first-order valence-corrected chi connectivity index (χ1v) is 5.18. The van der Waals surface area contributed by atoms with Gasteiger partial charge in [-0.25, -0.2) is 0 Å². The van der Waals surface area contributed by atoms with Crippen molar-refractivity contribution < 1.29 is 0 Å². The molecule has 1 heteroatoms. The van der Waals surface area contributed by atoms with Crippen molar-refractivity contribution in [2.75, 3.05) is 14.1 Å². The molecule has 0 amide bonds. The van der Waals surface area contributed by atoms with Crippen LogP contribution < -0.4 is 0 Å². The van der Waals surface area contributed by atoms with Gasteiger partial charge in [0, 0.05) is 11.5 Å². The van der Waals surface area contributed by atoms with E-state index in [4.69, 9.17) is 0 Å². The number of likely N-dealkylation sites (N-methyl/N-ethyl adjacent to an activating group) is 1. The van der Waals surface area contributed by atoms with Crippen molar-refractivity contribution >= 4 is 0 Å². The Bertz CT molecular complexity index is 275. The van der Waals surface area contributed by atoms with Crippen LogP contribution in [-0.2, 0) is 5.41 Å². The monoisotopic (exact) mass is 191 g/mol. The summed E-state index contributed by atoms with van der Waals surface area (Å²) in [6.07, 6.45) is 0. The summed E-state index contributed by atoms with van der Waals surface area (Å²) < 4.78 is 0. The fraction of sp³-hybridized carbons (Fsp3) is 0.538. The highest BCUT2D eigenvalue weighted by Gasteiger charge is 2.28. The fourth-order valence-electron chi connectivity index (χ4n) is 1.75. The molecular weight excluding hydrogens is 170 g/mol. The highest BCUT2D eigenvalue weighted by atomic mass is 15.1. The molecule has 1 aromatic carbocycles. The van der Waals surface area contributed by atoms with Crippen LogP contribution in [0.25, 0.3) is 0 Å². The van der Waals surface area contributed by atoms with Gasteiger partial charge in [-0.1, -0.05) is 44.2 Å². The summed E-state index contributed by atoms with van der Waals surface area (Å²) in [7, 11) is 4.27. The molecule has 1 rings (SSSR count). The minimum atomic E-state index is 0.199. The quantitative estimate of drug-likeness (QED) is 0.710. The van der Waals surface area contributed by atoms with Crippen LogP contribution in [0.15, 0.2) is 30.3 Å². The third kappa shape index (κ3) is 2.16. The molecule has 0 aliphatic rings. The van der Waals surface area contributed by atoms with E-state index in [1.165, 1.54) is 5.56 Å². The Morgan fingerprint density at radius 1 is 1.07 bits per heavy atom. The molecule has 0 bridgehead atoms. The van der Waals surface area contributed by atoms with Crippen LogP contribution in [0, 0.1) is 0 Å². The summed E-state index contributed by atoms with van der Waals surface area (Å²) in [5.74, 6) is 0. The predicted molar refractivity (Wildman–Crippen MR) is 62.6 cm³/mol. The molecule has 1 aromatic rings. The molecule has 1 nitrogen and oxygen atoms in total. The zero-order valence-electron chi connectivity index (χ0n) is 9.91. The highest BCUT2D eigenvalue weighted by molar-refractivity contribution is 5.25. The summed E-state index contributed by atoms with van der Waals surface area (Å²) >= 11 is 0. The first-order valence-electron chi connectivity index (χ1n) is 5.18. The summed E-state index contributed by atoms with van der Waals surface area (Å²) in [6, 6.07) is 11.2. The van der Waals surface area contributed by atoms with Crippen LogP contribution >= 0.6 is 0 Å². The largest absolute Gasteiger partial charge is 0.306 e. The van der Waals surface area contributed by atoms with E-state index in [1.54, 1.807) is 0 Å². The van der Waals surface area contributed by atoms with Gasteiger partial charge in [-0.3, -0.25) is 0 Å². The van der Waals surface area contributed by atoms with Crippen molar-refractivity contribution in [1.29, 1.82) is 0 Å². The first-order chi connectivity index (χ1) is 6.46. The Hall–Kier alpha value is -0.820. The molecular formula is C13H21N. The van der Waals surface area contributed by atoms with Crippen LogP contribution in [0.4, 0.5) is 0 Å². The second-order valence-electron chi connectivity index (χ2n) is 4.73. The molecule has 1 unspecified atom stereocenters. The second kappa shape index (κ2) is 4.14. The normalized spacial score (nSPS) is 14.4. The summed E-state index contributed by atoms with van der Waals surface area (Å²) in [6.45, 7) is 6.87. The smallest absolute Gasteiger partial charge is 0.0152 e. The van der Waals surface area contributed by atoms with Crippen molar-refractivity contribution in [1.82, 2.24) is 4.90 Å². The van der Waals surface area contributed by atoms with E-state index in [-0.39, 0.29) is 5.41 Å². The molecule has 0 aromatic heterocycles. The van der Waals surface area contributed by atoms with Gasteiger partial charge < -0.3 is 4.90 Å². The topological polar surface area (TPSA) is 3.24 Å². The third-order valence-corrected chi connectivity index (χ3v) is 3.34. The number of hydrogen-bond acceptors (Lipinski definition) is 1.